The zero-order valence-corrected chi connectivity index (χ0v) is 13.3. The van der Waals surface area contributed by atoms with E-state index in [1.165, 1.54) is 6.21 Å². The van der Waals surface area contributed by atoms with Crippen molar-refractivity contribution in [2.45, 2.75) is 6.42 Å². The number of nitrogens with two attached hydrogens (primary N) is 1. The van der Waals surface area contributed by atoms with Gasteiger partial charge in [0.25, 0.3) is 5.91 Å². The Balaban J connectivity index is 2.50. The minimum Gasteiger partial charge on any atom is -0.483 e. The highest BCUT2D eigenvalue weighted by atomic mass is 16.5. The van der Waals surface area contributed by atoms with Gasteiger partial charge in [0.05, 0.1) is 6.21 Å². The SMILES string of the molecule is COCCCNC(=O)C(=O)N/N=C\c1ccccc1OCC(N)=O. The molecular formula is C15H20N4O5. The van der Waals surface area contributed by atoms with E-state index in [1.54, 1.807) is 31.4 Å². The molecular weight excluding hydrogens is 316 g/mol. The molecule has 24 heavy (non-hydrogen) atoms. The lowest BCUT2D eigenvalue weighted by Gasteiger charge is -2.06. The van der Waals surface area contributed by atoms with Crippen molar-refractivity contribution in [1.29, 1.82) is 0 Å². The van der Waals surface area contributed by atoms with E-state index in [0.29, 0.717) is 30.9 Å². The molecule has 0 aromatic heterocycles. The smallest absolute Gasteiger partial charge is 0.329 e. The summed E-state index contributed by atoms with van der Waals surface area (Å²) in [5.41, 5.74) is 7.63. The number of primary amides is 1. The van der Waals surface area contributed by atoms with Gasteiger partial charge >= 0.3 is 11.8 Å². The van der Waals surface area contributed by atoms with Crippen LogP contribution < -0.4 is 21.2 Å². The Morgan fingerprint density at radius 3 is 2.71 bits per heavy atom. The number of carbonyl (C=O) groups is 3. The molecule has 130 valence electrons. The normalized spacial score (nSPS) is 10.4. The van der Waals surface area contributed by atoms with E-state index in [2.05, 4.69) is 15.8 Å². The average molecular weight is 336 g/mol. The Labute approximate surface area is 139 Å². The van der Waals surface area contributed by atoms with Crippen LogP contribution in [-0.4, -0.2) is 50.8 Å². The molecule has 0 heterocycles. The first-order valence-corrected chi connectivity index (χ1v) is 7.15. The molecule has 0 unspecified atom stereocenters. The van der Waals surface area contributed by atoms with Crippen molar-refractivity contribution in [3.8, 4) is 5.75 Å². The van der Waals surface area contributed by atoms with Crippen molar-refractivity contribution in [2.24, 2.45) is 10.8 Å². The Bertz CT molecular complexity index is 603. The molecule has 0 spiro atoms. The van der Waals surface area contributed by atoms with Gasteiger partial charge in [0.1, 0.15) is 5.75 Å². The van der Waals surface area contributed by atoms with Gasteiger partial charge in [0.2, 0.25) is 0 Å². The van der Waals surface area contributed by atoms with Gasteiger partial charge in [-0.3, -0.25) is 14.4 Å². The quantitative estimate of drug-likeness (QED) is 0.234. The van der Waals surface area contributed by atoms with Gasteiger partial charge in [-0.2, -0.15) is 5.10 Å². The second-order valence-corrected chi connectivity index (χ2v) is 4.59. The van der Waals surface area contributed by atoms with Crippen LogP contribution in [0.2, 0.25) is 0 Å². The highest BCUT2D eigenvalue weighted by molar-refractivity contribution is 6.35. The summed E-state index contributed by atoms with van der Waals surface area (Å²) < 4.78 is 10.0. The summed E-state index contributed by atoms with van der Waals surface area (Å²) in [6.45, 7) is 0.539. The fraction of sp³-hybridized carbons (Fsp3) is 0.333. The number of methoxy groups -OCH3 is 1. The van der Waals surface area contributed by atoms with Gasteiger partial charge in [0, 0.05) is 25.8 Å². The zero-order chi connectivity index (χ0) is 17.8. The van der Waals surface area contributed by atoms with Gasteiger partial charge in [-0.15, -0.1) is 0 Å². The Kier molecular flexibility index (Phi) is 8.54. The molecule has 0 aliphatic carbocycles. The second kappa shape index (κ2) is 10.7. The Morgan fingerprint density at radius 2 is 2.00 bits per heavy atom. The van der Waals surface area contributed by atoms with Crippen LogP contribution >= 0.6 is 0 Å². The van der Waals surface area contributed by atoms with Crippen LogP contribution in [0.25, 0.3) is 0 Å². The number of rotatable bonds is 9. The summed E-state index contributed by atoms with van der Waals surface area (Å²) in [6.07, 6.45) is 1.90. The average Bonchev–Trinajstić information content (AvgIpc) is 2.57. The van der Waals surface area contributed by atoms with Crippen LogP contribution in [0.3, 0.4) is 0 Å². The molecule has 0 fully saturated rings. The van der Waals surface area contributed by atoms with Gasteiger partial charge in [-0.05, 0) is 18.6 Å². The van der Waals surface area contributed by atoms with Crippen LogP contribution in [-0.2, 0) is 19.1 Å². The highest BCUT2D eigenvalue weighted by Crippen LogP contribution is 2.15. The van der Waals surface area contributed by atoms with E-state index >= 15 is 0 Å². The monoisotopic (exact) mass is 336 g/mol. The molecule has 1 aromatic rings. The maximum absolute atomic E-state index is 11.5. The number of hydrogen-bond donors (Lipinski definition) is 3. The highest BCUT2D eigenvalue weighted by Gasteiger charge is 2.11. The molecule has 9 heteroatoms. The molecule has 0 aliphatic heterocycles. The molecule has 1 aromatic carbocycles. The minimum atomic E-state index is -0.890. The van der Waals surface area contributed by atoms with E-state index in [9.17, 15) is 14.4 Å². The third-order valence-electron chi connectivity index (χ3n) is 2.68. The lowest BCUT2D eigenvalue weighted by molar-refractivity contribution is -0.139. The number of hydrazone groups is 1. The van der Waals surface area contributed by atoms with Gasteiger partial charge in [-0.1, -0.05) is 12.1 Å². The number of nitrogens with zero attached hydrogens (tertiary/aromatic N) is 1. The molecule has 0 bridgehead atoms. The fourth-order valence-electron chi connectivity index (χ4n) is 1.58. The van der Waals surface area contributed by atoms with Crippen LogP contribution in [0.5, 0.6) is 5.75 Å². The molecule has 9 nitrogen and oxygen atoms in total. The van der Waals surface area contributed by atoms with Crippen LogP contribution in [0.1, 0.15) is 12.0 Å². The molecule has 0 saturated carbocycles. The fourth-order valence-corrected chi connectivity index (χ4v) is 1.58. The van der Waals surface area contributed by atoms with E-state index in [4.69, 9.17) is 15.2 Å². The molecule has 1 rings (SSSR count). The number of para-hydroxylation sites is 1. The van der Waals surface area contributed by atoms with E-state index < -0.39 is 17.7 Å². The van der Waals surface area contributed by atoms with Crippen molar-refractivity contribution in [2.75, 3.05) is 26.9 Å². The standard InChI is InChI=1S/C15H20N4O5/c1-23-8-4-7-17-14(21)15(22)19-18-9-11-5-2-3-6-12(11)24-10-13(16)20/h2-3,5-6,9H,4,7-8,10H2,1H3,(H2,16,20)(H,17,21)(H,19,22)/b18-9-. The van der Waals surface area contributed by atoms with Gasteiger partial charge in [0.15, 0.2) is 6.61 Å². The Morgan fingerprint density at radius 1 is 1.25 bits per heavy atom. The molecule has 3 amide bonds. The maximum Gasteiger partial charge on any atom is 0.329 e. The summed E-state index contributed by atoms with van der Waals surface area (Å²) in [5.74, 6) is -1.92. The first kappa shape index (κ1) is 19.1. The number of amides is 3. The van der Waals surface area contributed by atoms with Crippen LogP contribution in [0.4, 0.5) is 0 Å². The van der Waals surface area contributed by atoms with E-state index in [0.717, 1.165) is 0 Å². The molecule has 0 atom stereocenters. The summed E-state index contributed by atoms with van der Waals surface area (Å²) in [6, 6.07) is 6.72. The number of carbonyl (C=O) groups excluding carboxylic acids is 3. The molecule has 0 aliphatic rings. The molecule has 4 N–H and O–H groups in total. The van der Waals surface area contributed by atoms with Crippen LogP contribution in [0.15, 0.2) is 29.4 Å². The lowest BCUT2D eigenvalue weighted by Crippen LogP contribution is -2.38. The topological polar surface area (TPSA) is 132 Å². The Hall–Kier alpha value is -2.94. The minimum absolute atomic E-state index is 0.277. The summed E-state index contributed by atoms with van der Waals surface area (Å²) in [4.78, 5) is 33.8. The number of ether oxygens (including phenoxy) is 2. The van der Waals surface area contributed by atoms with Crippen molar-refractivity contribution in [3.05, 3.63) is 29.8 Å². The number of hydrogen-bond acceptors (Lipinski definition) is 6. The number of nitrogens with one attached hydrogen (secondary N) is 2. The van der Waals surface area contributed by atoms with Crippen molar-refractivity contribution < 1.29 is 23.9 Å². The molecule has 0 saturated heterocycles. The predicted octanol–water partition coefficient (Wildman–Crippen LogP) is -0.846. The summed E-state index contributed by atoms with van der Waals surface area (Å²) in [7, 11) is 1.55. The predicted molar refractivity (Wildman–Crippen MR) is 86.4 cm³/mol. The third kappa shape index (κ3) is 7.36. The lowest BCUT2D eigenvalue weighted by atomic mass is 10.2. The van der Waals surface area contributed by atoms with Crippen LogP contribution in [0, 0.1) is 0 Å². The molecule has 0 radical (unpaired) electrons. The second-order valence-electron chi connectivity index (χ2n) is 4.59. The first-order chi connectivity index (χ1) is 11.5. The summed E-state index contributed by atoms with van der Waals surface area (Å²) >= 11 is 0. The first-order valence-electron chi connectivity index (χ1n) is 7.15. The van der Waals surface area contributed by atoms with Crippen molar-refractivity contribution in [3.63, 3.8) is 0 Å². The number of benzene rings is 1. The van der Waals surface area contributed by atoms with Gasteiger partial charge in [-0.25, -0.2) is 5.43 Å². The van der Waals surface area contributed by atoms with E-state index in [-0.39, 0.29) is 6.61 Å². The third-order valence-corrected chi connectivity index (χ3v) is 2.68. The summed E-state index contributed by atoms with van der Waals surface area (Å²) in [5, 5.41) is 6.12. The largest absolute Gasteiger partial charge is 0.483 e. The van der Waals surface area contributed by atoms with Crippen molar-refractivity contribution >= 4 is 23.9 Å². The van der Waals surface area contributed by atoms with Crippen molar-refractivity contribution in [1.82, 2.24) is 10.7 Å². The van der Waals surface area contributed by atoms with E-state index in [1.807, 2.05) is 0 Å². The maximum atomic E-state index is 11.5. The van der Waals surface area contributed by atoms with Gasteiger partial charge < -0.3 is 20.5 Å². The zero-order valence-electron chi connectivity index (χ0n) is 13.3.